The molecule has 3 rings (SSSR count). The van der Waals surface area contributed by atoms with Crippen molar-refractivity contribution in [2.75, 3.05) is 26.2 Å². The standard InChI is InChI=1S/C14H21N3O3/c15-6-11-3-4-13(20-11)14(18)16-7-12-8-17-5-1-2-10(17)9-19-12/h3-4,10,12H,1-2,5-9,15H2,(H,16,18). The molecule has 0 spiro atoms. The largest absolute Gasteiger partial charge is 0.455 e. The monoisotopic (exact) mass is 279 g/mol. The van der Waals surface area contributed by atoms with Crippen LogP contribution in [-0.2, 0) is 11.3 Å². The van der Waals surface area contributed by atoms with Crippen molar-refractivity contribution < 1.29 is 13.9 Å². The first kappa shape index (κ1) is 13.6. The molecule has 0 aromatic carbocycles. The van der Waals surface area contributed by atoms with Gasteiger partial charge in [0.2, 0.25) is 0 Å². The van der Waals surface area contributed by atoms with Crippen LogP contribution in [0.5, 0.6) is 0 Å². The maximum Gasteiger partial charge on any atom is 0.287 e. The highest BCUT2D eigenvalue weighted by Gasteiger charge is 2.32. The Bertz CT molecular complexity index is 474. The minimum atomic E-state index is -0.211. The number of carbonyl (C=O) groups is 1. The first-order valence-corrected chi connectivity index (χ1v) is 7.19. The molecular formula is C14H21N3O3. The van der Waals surface area contributed by atoms with Gasteiger partial charge in [-0.25, -0.2) is 0 Å². The molecule has 6 nitrogen and oxygen atoms in total. The highest BCUT2D eigenvalue weighted by Crippen LogP contribution is 2.22. The Morgan fingerprint density at radius 1 is 1.50 bits per heavy atom. The Kier molecular flexibility index (Phi) is 4.05. The summed E-state index contributed by atoms with van der Waals surface area (Å²) in [5.74, 6) is 0.709. The van der Waals surface area contributed by atoms with E-state index >= 15 is 0 Å². The van der Waals surface area contributed by atoms with Gasteiger partial charge in [0.05, 0.1) is 19.3 Å². The van der Waals surface area contributed by atoms with Crippen molar-refractivity contribution in [3.05, 3.63) is 23.7 Å². The van der Waals surface area contributed by atoms with Gasteiger partial charge in [-0.15, -0.1) is 0 Å². The van der Waals surface area contributed by atoms with Gasteiger partial charge in [0.15, 0.2) is 5.76 Å². The lowest BCUT2D eigenvalue weighted by atomic mass is 10.2. The van der Waals surface area contributed by atoms with E-state index in [1.165, 1.54) is 12.8 Å². The summed E-state index contributed by atoms with van der Waals surface area (Å²) in [6, 6.07) is 3.95. The van der Waals surface area contributed by atoms with Gasteiger partial charge >= 0.3 is 0 Å². The minimum Gasteiger partial charge on any atom is -0.455 e. The van der Waals surface area contributed by atoms with E-state index in [1.807, 2.05) is 0 Å². The van der Waals surface area contributed by atoms with E-state index in [4.69, 9.17) is 14.9 Å². The number of rotatable bonds is 4. The first-order chi connectivity index (χ1) is 9.76. The molecule has 0 saturated carbocycles. The number of hydrogen-bond donors (Lipinski definition) is 2. The number of nitrogens with one attached hydrogen (secondary N) is 1. The summed E-state index contributed by atoms with van der Waals surface area (Å²) in [5, 5.41) is 2.86. The molecule has 2 aliphatic heterocycles. The average Bonchev–Trinajstić information content (AvgIpc) is 3.12. The van der Waals surface area contributed by atoms with Crippen molar-refractivity contribution in [3.8, 4) is 0 Å². The maximum absolute atomic E-state index is 11.9. The predicted molar refractivity (Wildman–Crippen MR) is 73.3 cm³/mol. The molecule has 2 saturated heterocycles. The van der Waals surface area contributed by atoms with E-state index in [-0.39, 0.29) is 12.0 Å². The second kappa shape index (κ2) is 5.95. The summed E-state index contributed by atoms with van der Waals surface area (Å²) >= 11 is 0. The lowest BCUT2D eigenvalue weighted by molar-refractivity contribution is -0.0462. The van der Waals surface area contributed by atoms with Crippen LogP contribution < -0.4 is 11.1 Å². The van der Waals surface area contributed by atoms with E-state index in [1.54, 1.807) is 12.1 Å². The third-order valence-electron chi connectivity index (χ3n) is 4.04. The smallest absolute Gasteiger partial charge is 0.287 e. The van der Waals surface area contributed by atoms with E-state index in [0.717, 1.165) is 19.7 Å². The summed E-state index contributed by atoms with van der Waals surface area (Å²) in [4.78, 5) is 14.4. The zero-order chi connectivity index (χ0) is 13.9. The minimum absolute atomic E-state index is 0.0669. The van der Waals surface area contributed by atoms with Crippen molar-refractivity contribution >= 4 is 5.91 Å². The van der Waals surface area contributed by atoms with Crippen LogP contribution in [0.1, 0.15) is 29.2 Å². The number of fused-ring (bicyclic) bond motifs is 1. The van der Waals surface area contributed by atoms with Gasteiger partial charge in [-0.1, -0.05) is 0 Å². The number of amides is 1. The molecule has 1 amide bonds. The zero-order valence-electron chi connectivity index (χ0n) is 11.5. The summed E-state index contributed by atoms with van der Waals surface area (Å²) in [5.41, 5.74) is 5.45. The second-order valence-electron chi connectivity index (χ2n) is 5.43. The molecule has 3 heterocycles. The van der Waals surface area contributed by atoms with Crippen molar-refractivity contribution in [1.82, 2.24) is 10.2 Å². The Morgan fingerprint density at radius 3 is 3.20 bits per heavy atom. The molecule has 0 bridgehead atoms. The quantitative estimate of drug-likeness (QED) is 0.830. The lowest BCUT2D eigenvalue weighted by Gasteiger charge is -2.35. The number of ether oxygens (including phenoxy) is 1. The van der Waals surface area contributed by atoms with Crippen LogP contribution in [-0.4, -0.2) is 49.2 Å². The van der Waals surface area contributed by atoms with Crippen molar-refractivity contribution in [1.29, 1.82) is 0 Å². The second-order valence-corrected chi connectivity index (χ2v) is 5.43. The third-order valence-corrected chi connectivity index (χ3v) is 4.04. The fourth-order valence-corrected chi connectivity index (χ4v) is 2.91. The van der Waals surface area contributed by atoms with Crippen LogP contribution in [0.15, 0.2) is 16.5 Å². The summed E-state index contributed by atoms with van der Waals surface area (Å²) in [6.07, 6.45) is 2.55. The van der Waals surface area contributed by atoms with Gasteiger partial charge in [0.25, 0.3) is 5.91 Å². The molecule has 110 valence electrons. The van der Waals surface area contributed by atoms with Gasteiger partial charge in [0, 0.05) is 19.1 Å². The summed E-state index contributed by atoms with van der Waals surface area (Å²) in [7, 11) is 0. The fourth-order valence-electron chi connectivity index (χ4n) is 2.91. The number of morpholine rings is 1. The molecule has 2 unspecified atom stereocenters. The molecule has 2 atom stereocenters. The number of nitrogens with two attached hydrogens (primary N) is 1. The number of hydrogen-bond acceptors (Lipinski definition) is 5. The predicted octanol–water partition coefficient (Wildman–Crippen LogP) is 0.331. The number of carbonyl (C=O) groups excluding carboxylic acids is 1. The Labute approximate surface area is 118 Å². The van der Waals surface area contributed by atoms with E-state index in [2.05, 4.69) is 10.2 Å². The van der Waals surface area contributed by atoms with Gasteiger partial charge in [-0.3, -0.25) is 9.69 Å². The molecular weight excluding hydrogens is 258 g/mol. The van der Waals surface area contributed by atoms with E-state index < -0.39 is 0 Å². The van der Waals surface area contributed by atoms with Crippen LogP contribution in [0.25, 0.3) is 0 Å². The van der Waals surface area contributed by atoms with Crippen LogP contribution in [0, 0.1) is 0 Å². The molecule has 1 aromatic rings. The van der Waals surface area contributed by atoms with Crippen LogP contribution in [0.4, 0.5) is 0 Å². The SMILES string of the molecule is NCc1ccc(C(=O)NCC2CN3CCCC3CO2)o1. The van der Waals surface area contributed by atoms with Gasteiger partial charge in [-0.2, -0.15) is 0 Å². The van der Waals surface area contributed by atoms with Crippen LogP contribution in [0.3, 0.4) is 0 Å². The molecule has 0 aliphatic carbocycles. The molecule has 20 heavy (non-hydrogen) atoms. The highest BCUT2D eigenvalue weighted by atomic mass is 16.5. The summed E-state index contributed by atoms with van der Waals surface area (Å²) in [6.45, 7) is 3.64. The molecule has 6 heteroatoms. The topological polar surface area (TPSA) is 80.7 Å². The number of furan rings is 1. The van der Waals surface area contributed by atoms with Gasteiger partial charge in [-0.05, 0) is 31.5 Å². The Morgan fingerprint density at radius 2 is 2.40 bits per heavy atom. The normalized spacial score (nSPS) is 26.4. The molecule has 2 fully saturated rings. The maximum atomic E-state index is 11.9. The Hall–Kier alpha value is -1.37. The van der Waals surface area contributed by atoms with Crippen molar-refractivity contribution in [3.63, 3.8) is 0 Å². The molecule has 1 aromatic heterocycles. The first-order valence-electron chi connectivity index (χ1n) is 7.19. The number of nitrogens with zero attached hydrogens (tertiary/aromatic N) is 1. The highest BCUT2D eigenvalue weighted by molar-refractivity contribution is 5.91. The fraction of sp³-hybridized carbons (Fsp3) is 0.643. The van der Waals surface area contributed by atoms with Crippen LogP contribution in [0.2, 0.25) is 0 Å². The zero-order valence-corrected chi connectivity index (χ0v) is 11.5. The summed E-state index contributed by atoms with van der Waals surface area (Å²) < 4.78 is 11.1. The lowest BCUT2D eigenvalue weighted by Crippen LogP contribution is -2.50. The Balaban J connectivity index is 1.48. The van der Waals surface area contributed by atoms with Crippen molar-refractivity contribution in [2.45, 2.75) is 31.5 Å². The molecule has 3 N–H and O–H groups in total. The molecule has 2 aliphatic rings. The van der Waals surface area contributed by atoms with Gasteiger partial charge < -0.3 is 20.2 Å². The third kappa shape index (κ3) is 2.87. The molecule has 0 radical (unpaired) electrons. The van der Waals surface area contributed by atoms with Crippen LogP contribution >= 0.6 is 0 Å². The van der Waals surface area contributed by atoms with Crippen molar-refractivity contribution in [2.24, 2.45) is 5.73 Å². The van der Waals surface area contributed by atoms with E-state index in [0.29, 0.717) is 30.7 Å². The van der Waals surface area contributed by atoms with Gasteiger partial charge in [0.1, 0.15) is 5.76 Å². The average molecular weight is 279 g/mol. The van der Waals surface area contributed by atoms with E-state index in [9.17, 15) is 4.79 Å².